The van der Waals surface area contributed by atoms with Crippen molar-refractivity contribution in [2.24, 2.45) is 0 Å². The Morgan fingerprint density at radius 2 is 1.68 bits per heavy atom. The number of hydrogen-bond acceptors (Lipinski definition) is 3. The van der Waals surface area contributed by atoms with Crippen LogP contribution in [-0.2, 0) is 4.79 Å². The molecular weight excluding hydrogens is 314 g/mol. The molecule has 1 atom stereocenters. The monoisotopic (exact) mass is 335 g/mol. The van der Waals surface area contributed by atoms with Crippen LogP contribution >= 0.6 is 0 Å². The molecule has 3 aromatic carbocycles. The molecule has 4 heteroatoms. The van der Waals surface area contributed by atoms with E-state index in [2.05, 4.69) is 5.32 Å². The van der Waals surface area contributed by atoms with Crippen LogP contribution in [0, 0.1) is 0 Å². The molecule has 0 aromatic heterocycles. The Morgan fingerprint density at radius 3 is 2.52 bits per heavy atom. The molecule has 1 unspecified atom stereocenters. The predicted molar refractivity (Wildman–Crippen MR) is 99.0 cm³/mol. The van der Waals surface area contributed by atoms with Gasteiger partial charge in [-0.1, -0.05) is 54.6 Å². The molecular formula is C21H21NO3. The molecule has 4 nitrogen and oxygen atoms in total. The maximum atomic E-state index is 12.2. The lowest BCUT2D eigenvalue weighted by Gasteiger charge is -2.16. The van der Waals surface area contributed by atoms with E-state index in [-0.39, 0.29) is 5.91 Å². The van der Waals surface area contributed by atoms with E-state index in [1.54, 1.807) is 6.92 Å². The fraction of sp³-hybridized carbons (Fsp3) is 0.190. The summed E-state index contributed by atoms with van der Waals surface area (Å²) < 4.78 is 11.4. The van der Waals surface area contributed by atoms with Gasteiger partial charge in [0, 0.05) is 5.39 Å². The largest absolute Gasteiger partial charge is 0.492 e. The highest BCUT2D eigenvalue weighted by Gasteiger charge is 2.15. The lowest BCUT2D eigenvalue weighted by atomic mass is 10.1. The van der Waals surface area contributed by atoms with Crippen LogP contribution in [0.4, 0.5) is 0 Å². The number of rotatable bonds is 7. The number of carbonyl (C=O) groups is 1. The van der Waals surface area contributed by atoms with Crippen LogP contribution in [0.15, 0.2) is 72.8 Å². The minimum atomic E-state index is -0.581. The minimum absolute atomic E-state index is 0.162. The Labute approximate surface area is 147 Å². The Balaban J connectivity index is 1.50. The van der Waals surface area contributed by atoms with Crippen LogP contribution in [0.1, 0.15) is 6.92 Å². The van der Waals surface area contributed by atoms with Crippen LogP contribution in [0.25, 0.3) is 10.8 Å². The molecule has 0 spiro atoms. The molecule has 0 radical (unpaired) electrons. The molecule has 3 aromatic rings. The second kappa shape index (κ2) is 8.20. The first-order valence-electron chi connectivity index (χ1n) is 8.34. The van der Waals surface area contributed by atoms with Gasteiger partial charge in [0.1, 0.15) is 18.1 Å². The second-order valence-electron chi connectivity index (χ2n) is 5.69. The van der Waals surface area contributed by atoms with Gasteiger partial charge >= 0.3 is 0 Å². The third kappa shape index (κ3) is 4.51. The number of benzene rings is 3. The first-order valence-corrected chi connectivity index (χ1v) is 8.34. The van der Waals surface area contributed by atoms with E-state index in [0.29, 0.717) is 18.9 Å². The number of hydrogen-bond donors (Lipinski definition) is 1. The molecule has 128 valence electrons. The van der Waals surface area contributed by atoms with Crippen molar-refractivity contribution in [3.63, 3.8) is 0 Å². The molecule has 0 aliphatic carbocycles. The van der Waals surface area contributed by atoms with Gasteiger partial charge in [-0.3, -0.25) is 4.79 Å². The number of fused-ring (bicyclic) bond motifs is 1. The quantitative estimate of drug-likeness (QED) is 0.668. The normalized spacial score (nSPS) is 11.7. The van der Waals surface area contributed by atoms with Crippen molar-refractivity contribution >= 4 is 16.7 Å². The van der Waals surface area contributed by atoms with E-state index in [1.807, 2.05) is 72.8 Å². The van der Waals surface area contributed by atoms with Crippen molar-refractivity contribution < 1.29 is 14.3 Å². The molecule has 3 rings (SSSR count). The average Bonchev–Trinajstić information content (AvgIpc) is 2.66. The number of carbonyl (C=O) groups excluding carboxylic acids is 1. The topological polar surface area (TPSA) is 47.6 Å². The van der Waals surface area contributed by atoms with Crippen molar-refractivity contribution in [3.05, 3.63) is 72.8 Å². The summed E-state index contributed by atoms with van der Waals surface area (Å²) >= 11 is 0. The van der Waals surface area contributed by atoms with Crippen molar-refractivity contribution in [1.29, 1.82) is 0 Å². The summed E-state index contributed by atoms with van der Waals surface area (Å²) in [6, 6.07) is 23.3. The predicted octanol–water partition coefficient (Wildman–Crippen LogP) is 3.80. The smallest absolute Gasteiger partial charge is 0.260 e. The van der Waals surface area contributed by atoms with Gasteiger partial charge in [-0.05, 0) is 30.5 Å². The van der Waals surface area contributed by atoms with Crippen LogP contribution in [0.2, 0.25) is 0 Å². The van der Waals surface area contributed by atoms with Crippen molar-refractivity contribution in [2.75, 3.05) is 13.2 Å². The molecule has 0 aliphatic heterocycles. The molecule has 1 amide bonds. The minimum Gasteiger partial charge on any atom is -0.492 e. The first-order chi connectivity index (χ1) is 12.2. The molecule has 0 saturated heterocycles. The average molecular weight is 335 g/mol. The summed E-state index contributed by atoms with van der Waals surface area (Å²) in [5.74, 6) is 1.34. The highest BCUT2D eigenvalue weighted by Crippen LogP contribution is 2.25. The molecule has 0 fully saturated rings. The van der Waals surface area contributed by atoms with Crippen LogP contribution in [0.3, 0.4) is 0 Å². The van der Waals surface area contributed by atoms with Gasteiger partial charge in [0.2, 0.25) is 0 Å². The highest BCUT2D eigenvalue weighted by molar-refractivity contribution is 5.89. The summed E-state index contributed by atoms with van der Waals surface area (Å²) in [6.45, 7) is 2.59. The summed E-state index contributed by atoms with van der Waals surface area (Å²) in [5.41, 5.74) is 0. The zero-order valence-electron chi connectivity index (χ0n) is 14.1. The van der Waals surface area contributed by atoms with Gasteiger partial charge in [-0.2, -0.15) is 0 Å². The summed E-state index contributed by atoms with van der Waals surface area (Å²) in [7, 11) is 0. The molecule has 0 aliphatic rings. The number of para-hydroxylation sites is 1. The molecule has 1 N–H and O–H groups in total. The SMILES string of the molecule is CC(Oc1cccc2ccccc12)C(=O)NCCOc1ccccc1. The molecule has 25 heavy (non-hydrogen) atoms. The van der Waals surface area contributed by atoms with Crippen molar-refractivity contribution in [2.45, 2.75) is 13.0 Å². The van der Waals surface area contributed by atoms with Crippen molar-refractivity contribution in [1.82, 2.24) is 5.32 Å². The lowest BCUT2D eigenvalue weighted by Crippen LogP contribution is -2.38. The number of amides is 1. The Hall–Kier alpha value is -3.01. The van der Waals surface area contributed by atoms with Crippen LogP contribution in [-0.4, -0.2) is 25.2 Å². The third-order valence-electron chi connectivity index (χ3n) is 3.84. The van der Waals surface area contributed by atoms with Crippen LogP contribution < -0.4 is 14.8 Å². The van der Waals surface area contributed by atoms with Gasteiger partial charge in [-0.15, -0.1) is 0 Å². The zero-order chi connectivity index (χ0) is 17.5. The maximum Gasteiger partial charge on any atom is 0.260 e. The summed E-state index contributed by atoms with van der Waals surface area (Å²) in [6.07, 6.45) is -0.581. The third-order valence-corrected chi connectivity index (χ3v) is 3.84. The van der Waals surface area contributed by atoms with Gasteiger partial charge in [-0.25, -0.2) is 0 Å². The Morgan fingerprint density at radius 1 is 0.960 bits per heavy atom. The lowest BCUT2D eigenvalue weighted by molar-refractivity contribution is -0.127. The summed E-state index contributed by atoms with van der Waals surface area (Å²) in [4.78, 5) is 12.2. The fourth-order valence-electron chi connectivity index (χ4n) is 2.55. The van der Waals surface area contributed by atoms with E-state index in [9.17, 15) is 4.79 Å². The van der Waals surface area contributed by atoms with Gasteiger partial charge in [0.05, 0.1) is 6.54 Å². The number of nitrogens with one attached hydrogen (secondary N) is 1. The second-order valence-corrected chi connectivity index (χ2v) is 5.69. The standard InChI is InChI=1S/C21H21NO3/c1-16(21(23)22-14-15-24-18-10-3-2-4-11-18)25-20-13-7-9-17-8-5-6-12-19(17)20/h2-13,16H,14-15H2,1H3,(H,22,23). The molecule has 0 bridgehead atoms. The maximum absolute atomic E-state index is 12.2. The van der Waals surface area contributed by atoms with Gasteiger partial charge in [0.15, 0.2) is 6.10 Å². The van der Waals surface area contributed by atoms with E-state index in [0.717, 1.165) is 16.5 Å². The van der Waals surface area contributed by atoms with Crippen LogP contribution in [0.5, 0.6) is 11.5 Å². The first kappa shape index (κ1) is 16.8. The highest BCUT2D eigenvalue weighted by atomic mass is 16.5. The number of ether oxygens (including phenoxy) is 2. The fourth-order valence-corrected chi connectivity index (χ4v) is 2.55. The van der Waals surface area contributed by atoms with Gasteiger partial charge in [0.25, 0.3) is 5.91 Å². The molecule has 0 saturated carbocycles. The van der Waals surface area contributed by atoms with E-state index < -0.39 is 6.10 Å². The Kier molecular flexibility index (Phi) is 5.52. The summed E-state index contributed by atoms with van der Waals surface area (Å²) in [5, 5.41) is 4.92. The molecule has 0 heterocycles. The van der Waals surface area contributed by atoms with E-state index in [4.69, 9.17) is 9.47 Å². The Bertz CT molecular complexity index is 827. The van der Waals surface area contributed by atoms with Crippen molar-refractivity contribution in [3.8, 4) is 11.5 Å². The van der Waals surface area contributed by atoms with E-state index >= 15 is 0 Å². The van der Waals surface area contributed by atoms with E-state index in [1.165, 1.54) is 0 Å². The van der Waals surface area contributed by atoms with Gasteiger partial charge < -0.3 is 14.8 Å². The zero-order valence-corrected chi connectivity index (χ0v) is 14.1.